The lowest BCUT2D eigenvalue weighted by Crippen LogP contribution is -2.40. The first-order chi connectivity index (χ1) is 10.7. The molecule has 1 aromatic carbocycles. The van der Waals surface area contributed by atoms with E-state index in [-0.39, 0.29) is 5.91 Å². The number of ether oxygens (including phenoxy) is 1. The van der Waals surface area contributed by atoms with E-state index in [1.54, 1.807) is 13.3 Å². The minimum Gasteiger partial charge on any atom is -0.493 e. The molecule has 0 spiro atoms. The van der Waals surface area contributed by atoms with Crippen molar-refractivity contribution in [1.29, 1.82) is 0 Å². The number of hydrogen-bond acceptors (Lipinski definition) is 3. The summed E-state index contributed by atoms with van der Waals surface area (Å²) in [5, 5.41) is 0. The smallest absolute Gasteiger partial charge is 0.219 e. The number of amides is 1. The van der Waals surface area contributed by atoms with Crippen LogP contribution in [0.25, 0.3) is 11.3 Å². The second-order valence-corrected chi connectivity index (χ2v) is 5.73. The molecule has 5 nitrogen and oxygen atoms in total. The van der Waals surface area contributed by atoms with Crippen LogP contribution in [-0.2, 0) is 4.79 Å². The number of imidazole rings is 1. The predicted octanol–water partition coefficient (Wildman–Crippen LogP) is 2.71. The monoisotopic (exact) mass is 299 g/mol. The van der Waals surface area contributed by atoms with Gasteiger partial charge >= 0.3 is 0 Å². The van der Waals surface area contributed by atoms with Gasteiger partial charge in [0.15, 0.2) is 0 Å². The highest BCUT2D eigenvalue weighted by molar-refractivity contribution is 5.73. The zero-order valence-electron chi connectivity index (χ0n) is 12.8. The number of rotatable bonds is 4. The number of H-pyrrole nitrogens is 1. The van der Waals surface area contributed by atoms with Crippen molar-refractivity contribution in [3.63, 3.8) is 0 Å². The van der Waals surface area contributed by atoms with Gasteiger partial charge in [0.1, 0.15) is 5.75 Å². The molecule has 22 heavy (non-hydrogen) atoms. The topological polar surface area (TPSA) is 58.2 Å². The largest absolute Gasteiger partial charge is 0.493 e. The van der Waals surface area contributed by atoms with Crippen LogP contribution in [0.3, 0.4) is 0 Å². The Morgan fingerprint density at radius 3 is 3.09 bits per heavy atom. The van der Waals surface area contributed by atoms with E-state index in [1.165, 1.54) is 0 Å². The first-order valence-electron chi connectivity index (χ1n) is 7.70. The van der Waals surface area contributed by atoms with E-state index in [1.807, 2.05) is 35.4 Å². The molecule has 1 unspecified atom stereocenters. The van der Waals surface area contributed by atoms with E-state index in [0.29, 0.717) is 12.5 Å². The number of carbonyl (C=O) groups excluding carboxylic acids is 1. The van der Waals surface area contributed by atoms with Crippen LogP contribution in [0.1, 0.15) is 19.8 Å². The van der Waals surface area contributed by atoms with Crippen molar-refractivity contribution in [3.8, 4) is 17.0 Å². The number of para-hydroxylation sites is 1. The molecule has 1 saturated heterocycles. The third-order valence-electron chi connectivity index (χ3n) is 4.10. The van der Waals surface area contributed by atoms with Crippen LogP contribution >= 0.6 is 0 Å². The van der Waals surface area contributed by atoms with E-state index in [9.17, 15) is 4.79 Å². The summed E-state index contributed by atoms with van der Waals surface area (Å²) in [6.07, 6.45) is 5.68. The number of carbonyl (C=O) groups is 1. The normalized spacial score (nSPS) is 18.2. The van der Waals surface area contributed by atoms with E-state index in [4.69, 9.17) is 4.74 Å². The fourth-order valence-corrected chi connectivity index (χ4v) is 2.91. The summed E-state index contributed by atoms with van der Waals surface area (Å²) in [6.45, 7) is 3.93. The van der Waals surface area contributed by atoms with Crippen LogP contribution in [0.15, 0.2) is 36.8 Å². The summed E-state index contributed by atoms with van der Waals surface area (Å²) < 4.78 is 6.04. The fourth-order valence-electron chi connectivity index (χ4n) is 2.91. The van der Waals surface area contributed by atoms with Crippen molar-refractivity contribution in [2.75, 3.05) is 19.7 Å². The Labute approximate surface area is 130 Å². The van der Waals surface area contributed by atoms with Crippen LogP contribution in [0, 0.1) is 5.92 Å². The lowest BCUT2D eigenvalue weighted by Gasteiger charge is -2.32. The van der Waals surface area contributed by atoms with Crippen LogP contribution in [0.4, 0.5) is 0 Å². The summed E-state index contributed by atoms with van der Waals surface area (Å²) >= 11 is 0. The SMILES string of the molecule is CC(=O)N1CCCC(COc2ccccc2-c2c[nH]cn2)C1. The molecule has 1 aliphatic heterocycles. The lowest BCUT2D eigenvalue weighted by molar-refractivity contribution is -0.130. The Morgan fingerprint density at radius 1 is 1.45 bits per heavy atom. The maximum absolute atomic E-state index is 11.5. The van der Waals surface area contributed by atoms with E-state index < -0.39 is 0 Å². The Hall–Kier alpha value is -2.30. The molecule has 116 valence electrons. The van der Waals surface area contributed by atoms with Crippen LogP contribution < -0.4 is 4.74 Å². The maximum atomic E-state index is 11.5. The van der Waals surface area contributed by atoms with Gasteiger partial charge in [-0.25, -0.2) is 4.98 Å². The molecule has 0 radical (unpaired) electrons. The lowest BCUT2D eigenvalue weighted by atomic mass is 9.99. The van der Waals surface area contributed by atoms with E-state index in [0.717, 1.165) is 42.9 Å². The number of benzene rings is 1. The summed E-state index contributed by atoms with van der Waals surface area (Å²) in [6, 6.07) is 7.92. The van der Waals surface area contributed by atoms with E-state index >= 15 is 0 Å². The Morgan fingerprint density at radius 2 is 2.32 bits per heavy atom. The number of aromatic amines is 1. The maximum Gasteiger partial charge on any atom is 0.219 e. The van der Waals surface area contributed by atoms with Gasteiger partial charge in [-0.2, -0.15) is 0 Å². The first-order valence-corrected chi connectivity index (χ1v) is 7.70. The summed E-state index contributed by atoms with van der Waals surface area (Å²) in [5.41, 5.74) is 1.87. The van der Waals surface area contributed by atoms with Gasteiger partial charge in [0.05, 0.1) is 18.6 Å². The summed E-state index contributed by atoms with van der Waals surface area (Å²) in [4.78, 5) is 20.7. The van der Waals surface area contributed by atoms with Gasteiger partial charge in [0.2, 0.25) is 5.91 Å². The van der Waals surface area contributed by atoms with Crippen molar-refractivity contribution >= 4 is 5.91 Å². The number of likely N-dealkylation sites (tertiary alicyclic amines) is 1. The zero-order valence-corrected chi connectivity index (χ0v) is 12.8. The number of aromatic nitrogens is 2. The molecule has 0 saturated carbocycles. The van der Waals surface area contributed by atoms with Gasteiger partial charge in [0, 0.05) is 37.7 Å². The molecule has 3 rings (SSSR count). The second-order valence-electron chi connectivity index (χ2n) is 5.73. The van der Waals surface area contributed by atoms with Gasteiger partial charge in [0.25, 0.3) is 0 Å². The van der Waals surface area contributed by atoms with Gasteiger partial charge in [-0.1, -0.05) is 12.1 Å². The average molecular weight is 299 g/mol. The molecule has 1 N–H and O–H groups in total. The Kier molecular flexibility index (Phi) is 4.42. The van der Waals surface area contributed by atoms with E-state index in [2.05, 4.69) is 9.97 Å². The van der Waals surface area contributed by atoms with Gasteiger partial charge in [-0.3, -0.25) is 4.79 Å². The Balaban J connectivity index is 1.66. The molecular weight excluding hydrogens is 278 g/mol. The Bertz CT molecular complexity index is 625. The second kappa shape index (κ2) is 6.64. The molecule has 1 fully saturated rings. The molecule has 1 atom stereocenters. The number of piperidine rings is 1. The van der Waals surface area contributed by atoms with Gasteiger partial charge < -0.3 is 14.6 Å². The third kappa shape index (κ3) is 3.30. The van der Waals surface area contributed by atoms with Gasteiger partial charge in [-0.15, -0.1) is 0 Å². The number of hydrogen-bond donors (Lipinski definition) is 1. The van der Waals surface area contributed by atoms with Crippen LogP contribution in [0.2, 0.25) is 0 Å². The first kappa shape index (κ1) is 14.6. The molecule has 2 aromatic rings. The van der Waals surface area contributed by atoms with Crippen molar-refractivity contribution in [2.45, 2.75) is 19.8 Å². The highest BCUT2D eigenvalue weighted by Crippen LogP contribution is 2.29. The molecule has 1 aromatic heterocycles. The quantitative estimate of drug-likeness (QED) is 0.944. The minimum atomic E-state index is 0.154. The van der Waals surface area contributed by atoms with Gasteiger partial charge in [-0.05, 0) is 25.0 Å². The number of nitrogens with zero attached hydrogens (tertiary/aromatic N) is 2. The van der Waals surface area contributed by atoms with Crippen LogP contribution in [-0.4, -0.2) is 40.5 Å². The van der Waals surface area contributed by atoms with Crippen molar-refractivity contribution < 1.29 is 9.53 Å². The molecule has 1 aliphatic rings. The standard InChI is InChI=1S/C17H21N3O2/c1-13(21)20-8-4-5-14(10-20)11-22-17-7-3-2-6-15(17)16-9-18-12-19-16/h2-3,6-7,9,12,14H,4-5,8,10-11H2,1H3,(H,18,19). The predicted molar refractivity (Wildman–Crippen MR) is 84.5 cm³/mol. The summed E-state index contributed by atoms with van der Waals surface area (Å²) in [5.74, 6) is 1.39. The fraction of sp³-hybridized carbons (Fsp3) is 0.412. The summed E-state index contributed by atoms with van der Waals surface area (Å²) in [7, 11) is 0. The average Bonchev–Trinajstić information content (AvgIpc) is 3.08. The van der Waals surface area contributed by atoms with Crippen molar-refractivity contribution in [2.24, 2.45) is 5.92 Å². The number of nitrogens with one attached hydrogen (secondary N) is 1. The molecule has 5 heteroatoms. The van der Waals surface area contributed by atoms with Crippen molar-refractivity contribution in [3.05, 3.63) is 36.8 Å². The molecule has 0 bridgehead atoms. The molecular formula is C17H21N3O2. The minimum absolute atomic E-state index is 0.154. The zero-order chi connectivity index (χ0) is 15.4. The molecule has 2 heterocycles. The molecule has 0 aliphatic carbocycles. The molecule has 1 amide bonds. The van der Waals surface area contributed by atoms with Crippen LogP contribution in [0.5, 0.6) is 5.75 Å². The highest BCUT2D eigenvalue weighted by atomic mass is 16.5. The van der Waals surface area contributed by atoms with Crippen molar-refractivity contribution in [1.82, 2.24) is 14.9 Å². The highest BCUT2D eigenvalue weighted by Gasteiger charge is 2.22. The third-order valence-corrected chi connectivity index (χ3v) is 4.10.